The molecule has 1 aliphatic rings. The number of rotatable bonds is 6. The Morgan fingerprint density at radius 3 is 2.96 bits per heavy atom. The Bertz CT molecular complexity index is 825. The van der Waals surface area contributed by atoms with Crippen molar-refractivity contribution in [2.45, 2.75) is 18.9 Å². The number of aliphatic imine (C=N–C) groups is 1. The van der Waals surface area contributed by atoms with Crippen LogP contribution in [0.3, 0.4) is 0 Å². The van der Waals surface area contributed by atoms with Gasteiger partial charge in [0.2, 0.25) is 0 Å². The van der Waals surface area contributed by atoms with E-state index in [-0.39, 0.29) is 11.9 Å². The van der Waals surface area contributed by atoms with E-state index in [4.69, 9.17) is 10.5 Å². The normalized spacial score (nSPS) is 16.2. The summed E-state index contributed by atoms with van der Waals surface area (Å²) in [6, 6.07) is 15.4. The SMILES string of the molecule is NC(=NCCCNC(=O)c1cccc(Br)c1)NC1CCOc2ccccc21. The molecule has 3 rings (SSSR count). The number of halogens is 1. The Morgan fingerprint density at radius 2 is 2.11 bits per heavy atom. The van der Waals surface area contributed by atoms with E-state index < -0.39 is 0 Å². The zero-order chi connectivity index (χ0) is 19.1. The van der Waals surface area contributed by atoms with Crippen molar-refractivity contribution in [3.8, 4) is 5.75 Å². The van der Waals surface area contributed by atoms with Crippen LogP contribution in [0, 0.1) is 0 Å². The van der Waals surface area contributed by atoms with Gasteiger partial charge in [-0.1, -0.05) is 40.2 Å². The van der Waals surface area contributed by atoms with Crippen LogP contribution < -0.4 is 21.1 Å². The van der Waals surface area contributed by atoms with E-state index in [1.165, 1.54) is 0 Å². The van der Waals surface area contributed by atoms with Gasteiger partial charge in [0, 0.05) is 35.1 Å². The molecule has 0 saturated heterocycles. The lowest BCUT2D eigenvalue weighted by Gasteiger charge is -2.26. The van der Waals surface area contributed by atoms with Crippen molar-refractivity contribution >= 4 is 27.8 Å². The van der Waals surface area contributed by atoms with Crippen molar-refractivity contribution in [3.05, 3.63) is 64.1 Å². The fourth-order valence-electron chi connectivity index (χ4n) is 2.93. The monoisotopic (exact) mass is 430 g/mol. The Balaban J connectivity index is 1.42. The fourth-order valence-corrected chi connectivity index (χ4v) is 3.33. The van der Waals surface area contributed by atoms with Crippen LogP contribution in [0.1, 0.15) is 34.8 Å². The molecule has 1 aliphatic heterocycles. The van der Waals surface area contributed by atoms with Gasteiger partial charge in [-0.05, 0) is 30.7 Å². The van der Waals surface area contributed by atoms with Gasteiger partial charge in [0.1, 0.15) is 5.75 Å². The summed E-state index contributed by atoms with van der Waals surface area (Å²) in [7, 11) is 0. The second-order valence-corrected chi connectivity index (χ2v) is 7.17. The van der Waals surface area contributed by atoms with Crippen molar-refractivity contribution in [2.24, 2.45) is 10.7 Å². The smallest absolute Gasteiger partial charge is 0.251 e. The predicted octanol–water partition coefficient (Wildman–Crippen LogP) is 3.00. The second-order valence-electron chi connectivity index (χ2n) is 6.26. The fraction of sp³-hybridized carbons (Fsp3) is 0.300. The van der Waals surface area contributed by atoms with E-state index in [0.29, 0.717) is 37.6 Å². The van der Waals surface area contributed by atoms with Crippen LogP contribution in [-0.2, 0) is 0 Å². The van der Waals surface area contributed by atoms with Gasteiger partial charge in [0.15, 0.2) is 5.96 Å². The summed E-state index contributed by atoms with van der Waals surface area (Å²) in [4.78, 5) is 16.4. The molecule has 4 N–H and O–H groups in total. The maximum Gasteiger partial charge on any atom is 0.251 e. The molecule has 0 saturated carbocycles. The van der Waals surface area contributed by atoms with E-state index in [0.717, 1.165) is 22.2 Å². The number of hydrogen-bond acceptors (Lipinski definition) is 3. The number of nitrogens with two attached hydrogens (primary N) is 1. The summed E-state index contributed by atoms with van der Waals surface area (Å²) in [5.74, 6) is 1.21. The molecule has 0 radical (unpaired) electrons. The molecule has 7 heteroatoms. The lowest BCUT2D eigenvalue weighted by Crippen LogP contribution is -2.37. The molecule has 1 amide bonds. The average Bonchev–Trinajstić information content (AvgIpc) is 2.68. The number of benzene rings is 2. The van der Waals surface area contributed by atoms with Crippen molar-refractivity contribution in [3.63, 3.8) is 0 Å². The number of carbonyl (C=O) groups excluding carboxylic acids is 1. The first kappa shape index (κ1) is 19.2. The minimum absolute atomic E-state index is 0.0924. The summed E-state index contributed by atoms with van der Waals surface area (Å²) in [5.41, 5.74) is 7.75. The average molecular weight is 431 g/mol. The highest BCUT2D eigenvalue weighted by Gasteiger charge is 2.21. The lowest BCUT2D eigenvalue weighted by molar-refractivity contribution is 0.0953. The number of ether oxygens (including phenoxy) is 1. The lowest BCUT2D eigenvalue weighted by atomic mass is 10.0. The topological polar surface area (TPSA) is 88.7 Å². The highest BCUT2D eigenvalue weighted by Crippen LogP contribution is 2.31. The molecule has 0 aromatic heterocycles. The van der Waals surface area contributed by atoms with Gasteiger partial charge < -0.3 is 21.1 Å². The molecule has 0 spiro atoms. The van der Waals surface area contributed by atoms with E-state index >= 15 is 0 Å². The highest BCUT2D eigenvalue weighted by molar-refractivity contribution is 9.10. The molecule has 0 bridgehead atoms. The van der Waals surface area contributed by atoms with Crippen molar-refractivity contribution < 1.29 is 9.53 Å². The Hall–Kier alpha value is -2.54. The van der Waals surface area contributed by atoms with Crippen LogP contribution in [0.15, 0.2) is 58.0 Å². The summed E-state index contributed by atoms with van der Waals surface area (Å²) in [6.07, 6.45) is 1.56. The van der Waals surface area contributed by atoms with Gasteiger partial charge in [-0.15, -0.1) is 0 Å². The highest BCUT2D eigenvalue weighted by atomic mass is 79.9. The minimum atomic E-state index is -0.0924. The number of amides is 1. The molecule has 1 atom stereocenters. The standard InChI is InChI=1S/C20H23BrN4O2/c21-15-6-3-5-14(13-15)19(26)23-10-4-11-24-20(22)25-17-9-12-27-18-8-2-1-7-16(17)18/h1-3,5-8,13,17H,4,9-12H2,(H,23,26)(H3,22,24,25). The number of hydrogen-bond donors (Lipinski definition) is 3. The minimum Gasteiger partial charge on any atom is -0.493 e. The third-order valence-electron chi connectivity index (χ3n) is 4.27. The summed E-state index contributed by atoms with van der Waals surface area (Å²) < 4.78 is 6.53. The zero-order valence-corrected chi connectivity index (χ0v) is 16.5. The number of nitrogens with one attached hydrogen (secondary N) is 2. The largest absolute Gasteiger partial charge is 0.493 e. The first-order chi connectivity index (χ1) is 13.1. The van der Waals surface area contributed by atoms with Gasteiger partial charge >= 0.3 is 0 Å². The maximum absolute atomic E-state index is 12.1. The second kappa shape index (κ2) is 9.41. The van der Waals surface area contributed by atoms with Gasteiger partial charge in [0.25, 0.3) is 5.91 Å². The Kier molecular flexibility index (Phi) is 6.70. The molecule has 0 fully saturated rings. The van der Waals surface area contributed by atoms with Crippen molar-refractivity contribution in [1.82, 2.24) is 10.6 Å². The van der Waals surface area contributed by atoms with Crippen LogP contribution >= 0.6 is 15.9 Å². The Labute approximate surface area is 167 Å². The summed E-state index contributed by atoms with van der Waals surface area (Å²) >= 11 is 3.36. The number of nitrogens with zero attached hydrogens (tertiary/aromatic N) is 1. The molecule has 6 nitrogen and oxygen atoms in total. The molecule has 1 unspecified atom stereocenters. The number of fused-ring (bicyclic) bond motifs is 1. The van der Waals surface area contributed by atoms with Crippen LogP contribution in [0.5, 0.6) is 5.75 Å². The van der Waals surface area contributed by atoms with Crippen LogP contribution in [0.25, 0.3) is 0 Å². The third-order valence-corrected chi connectivity index (χ3v) is 4.76. The third kappa shape index (κ3) is 5.47. The van der Waals surface area contributed by atoms with Gasteiger partial charge in [-0.2, -0.15) is 0 Å². The van der Waals surface area contributed by atoms with Crippen molar-refractivity contribution in [1.29, 1.82) is 0 Å². The van der Waals surface area contributed by atoms with E-state index in [9.17, 15) is 4.79 Å². The predicted molar refractivity (Wildman–Crippen MR) is 110 cm³/mol. The van der Waals surface area contributed by atoms with Gasteiger partial charge in [0.05, 0.1) is 12.6 Å². The van der Waals surface area contributed by atoms with Gasteiger partial charge in [-0.3, -0.25) is 9.79 Å². The molecule has 2 aromatic carbocycles. The molecule has 142 valence electrons. The number of carbonyl (C=O) groups is 1. The molecule has 0 aliphatic carbocycles. The first-order valence-electron chi connectivity index (χ1n) is 8.95. The van der Waals surface area contributed by atoms with Gasteiger partial charge in [-0.25, -0.2) is 0 Å². The summed E-state index contributed by atoms with van der Waals surface area (Å²) in [6.45, 7) is 1.74. The van der Waals surface area contributed by atoms with E-state index in [1.54, 1.807) is 12.1 Å². The van der Waals surface area contributed by atoms with E-state index in [1.807, 2.05) is 36.4 Å². The van der Waals surface area contributed by atoms with E-state index in [2.05, 4.69) is 31.6 Å². The van der Waals surface area contributed by atoms with Crippen LogP contribution in [-0.4, -0.2) is 31.6 Å². The number of guanidine groups is 1. The van der Waals surface area contributed by atoms with Crippen LogP contribution in [0.2, 0.25) is 0 Å². The quantitative estimate of drug-likeness (QED) is 0.373. The zero-order valence-electron chi connectivity index (χ0n) is 15.0. The van der Waals surface area contributed by atoms with Crippen LogP contribution in [0.4, 0.5) is 0 Å². The Morgan fingerprint density at radius 1 is 1.26 bits per heavy atom. The molecule has 1 heterocycles. The maximum atomic E-state index is 12.1. The number of para-hydroxylation sites is 1. The first-order valence-corrected chi connectivity index (χ1v) is 9.75. The van der Waals surface area contributed by atoms with Crippen molar-refractivity contribution in [2.75, 3.05) is 19.7 Å². The molecular formula is C20H23BrN4O2. The molecule has 2 aromatic rings. The molecule has 27 heavy (non-hydrogen) atoms. The summed E-state index contributed by atoms with van der Waals surface area (Å²) in [5, 5.41) is 6.15. The molecular weight excluding hydrogens is 408 g/mol.